The summed E-state index contributed by atoms with van der Waals surface area (Å²) in [7, 11) is 0. The van der Waals surface area contributed by atoms with Crippen LogP contribution in [0.5, 0.6) is 11.5 Å². The molecule has 2 aromatic carbocycles. The third-order valence-electron chi connectivity index (χ3n) is 4.96. The second kappa shape index (κ2) is 7.07. The van der Waals surface area contributed by atoms with Crippen molar-refractivity contribution in [2.75, 3.05) is 25.0 Å². The van der Waals surface area contributed by atoms with Gasteiger partial charge >= 0.3 is 6.03 Å². The molecule has 0 aliphatic carbocycles. The standard InChI is InChI=1S/C20H21N3O3/c24-19-10-14-12-23(13-15(14)11-21-19)20(25)22-16-6-8-18(9-7-16)26-17-4-2-1-3-5-17/h1-9,14-15H,10-13H2,(H,21,24)(H,22,25)/t14-,15+/m1/s1. The summed E-state index contributed by atoms with van der Waals surface area (Å²) < 4.78 is 5.75. The first-order valence-corrected chi connectivity index (χ1v) is 8.83. The van der Waals surface area contributed by atoms with Crippen LogP contribution in [0.25, 0.3) is 0 Å². The maximum Gasteiger partial charge on any atom is 0.321 e. The van der Waals surface area contributed by atoms with Crippen LogP contribution in [0.15, 0.2) is 54.6 Å². The second-order valence-electron chi connectivity index (χ2n) is 6.80. The molecule has 26 heavy (non-hydrogen) atoms. The largest absolute Gasteiger partial charge is 0.457 e. The number of likely N-dealkylation sites (tertiary alicyclic amines) is 1. The van der Waals surface area contributed by atoms with Crippen molar-refractivity contribution in [2.24, 2.45) is 11.8 Å². The van der Waals surface area contributed by atoms with Crippen LogP contribution in [-0.2, 0) is 4.79 Å². The molecule has 2 aliphatic heterocycles. The van der Waals surface area contributed by atoms with Crippen molar-refractivity contribution in [1.82, 2.24) is 10.2 Å². The molecule has 6 heteroatoms. The summed E-state index contributed by atoms with van der Waals surface area (Å²) in [5.74, 6) is 2.21. The lowest BCUT2D eigenvalue weighted by molar-refractivity contribution is -0.124. The van der Waals surface area contributed by atoms with E-state index in [2.05, 4.69) is 10.6 Å². The summed E-state index contributed by atoms with van der Waals surface area (Å²) in [5, 5.41) is 5.80. The predicted octanol–water partition coefficient (Wildman–Crippen LogP) is 3.08. The van der Waals surface area contributed by atoms with Gasteiger partial charge in [0.25, 0.3) is 0 Å². The van der Waals surface area contributed by atoms with Gasteiger partial charge in [-0.15, -0.1) is 0 Å². The number of nitrogens with zero attached hydrogens (tertiary/aromatic N) is 1. The molecule has 3 amide bonds. The van der Waals surface area contributed by atoms with Crippen LogP contribution < -0.4 is 15.4 Å². The minimum absolute atomic E-state index is 0.0857. The molecule has 2 aromatic rings. The number of benzene rings is 2. The highest BCUT2D eigenvalue weighted by Crippen LogP contribution is 2.29. The van der Waals surface area contributed by atoms with E-state index in [-0.39, 0.29) is 17.9 Å². The summed E-state index contributed by atoms with van der Waals surface area (Å²) in [4.78, 5) is 25.8. The van der Waals surface area contributed by atoms with Gasteiger partial charge in [0.2, 0.25) is 5.91 Å². The van der Waals surface area contributed by atoms with Crippen molar-refractivity contribution in [1.29, 1.82) is 0 Å². The highest BCUT2D eigenvalue weighted by molar-refractivity contribution is 5.89. The van der Waals surface area contributed by atoms with E-state index in [1.807, 2.05) is 54.6 Å². The van der Waals surface area contributed by atoms with Crippen LogP contribution in [0.4, 0.5) is 10.5 Å². The van der Waals surface area contributed by atoms with Crippen LogP contribution in [0.1, 0.15) is 6.42 Å². The van der Waals surface area contributed by atoms with Crippen molar-refractivity contribution in [2.45, 2.75) is 6.42 Å². The zero-order valence-corrected chi connectivity index (χ0v) is 14.4. The van der Waals surface area contributed by atoms with Gasteiger partial charge in [-0.1, -0.05) is 18.2 Å². The number of anilines is 1. The van der Waals surface area contributed by atoms with E-state index in [1.165, 1.54) is 0 Å². The lowest BCUT2D eigenvalue weighted by Crippen LogP contribution is -2.40. The van der Waals surface area contributed by atoms with Crippen molar-refractivity contribution in [3.63, 3.8) is 0 Å². The van der Waals surface area contributed by atoms with E-state index >= 15 is 0 Å². The maximum absolute atomic E-state index is 12.5. The van der Waals surface area contributed by atoms with Gasteiger partial charge in [-0.05, 0) is 48.2 Å². The summed E-state index contributed by atoms with van der Waals surface area (Å²) in [6.45, 7) is 1.99. The van der Waals surface area contributed by atoms with Gasteiger partial charge in [0.15, 0.2) is 0 Å². The average Bonchev–Trinajstić information content (AvgIpc) is 3.07. The van der Waals surface area contributed by atoms with Crippen LogP contribution in [0.3, 0.4) is 0 Å². The molecule has 0 saturated carbocycles. The average molecular weight is 351 g/mol. The van der Waals surface area contributed by atoms with E-state index in [0.29, 0.717) is 37.7 Å². The zero-order chi connectivity index (χ0) is 17.9. The number of nitrogens with one attached hydrogen (secondary N) is 2. The number of hydrogen-bond acceptors (Lipinski definition) is 3. The second-order valence-corrected chi connectivity index (χ2v) is 6.80. The molecule has 2 saturated heterocycles. The highest BCUT2D eigenvalue weighted by atomic mass is 16.5. The van der Waals surface area contributed by atoms with E-state index in [9.17, 15) is 9.59 Å². The van der Waals surface area contributed by atoms with Crippen LogP contribution in [-0.4, -0.2) is 36.5 Å². The van der Waals surface area contributed by atoms with Crippen LogP contribution in [0, 0.1) is 11.8 Å². The van der Waals surface area contributed by atoms with Gasteiger partial charge in [-0.2, -0.15) is 0 Å². The Balaban J connectivity index is 1.34. The molecule has 2 aliphatic rings. The summed E-state index contributed by atoms with van der Waals surface area (Å²) >= 11 is 0. The highest BCUT2D eigenvalue weighted by Gasteiger charge is 2.38. The third kappa shape index (κ3) is 3.64. The Labute approximate surface area is 152 Å². The van der Waals surface area contributed by atoms with Gasteiger partial charge in [-0.3, -0.25) is 4.79 Å². The number of urea groups is 1. The first-order chi connectivity index (χ1) is 12.7. The van der Waals surface area contributed by atoms with E-state index in [1.54, 1.807) is 4.90 Å². The molecule has 2 N–H and O–H groups in total. The number of amides is 3. The van der Waals surface area contributed by atoms with Gasteiger partial charge in [0.1, 0.15) is 11.5 Å². The van der Waals surface area contributed by atoms with Crippen molar-refractivity contribution < 1.29 is 14.3 Å². The van der Waals surface area contributed by atoms with Crippen molar-refractivity contribution >= 4 is 17.6 Å². The fourth-order valence-electron chi connectivity index (χ4n) is 3.56. The van der Waals surface area contributed by atoms with Crippen molar-refractivity contribution in [3.8, 4) is 11.5 Å². The fourth-order valence-corrected chi connectivity index (χ4v) is 3.56. The van der Waals surface area contributed by atoms with E-state index < -0.39 is 0 Å². The Morgan fingerprint density at radius 3 is 2.46 bits per heavy atom. The Bertz CT molecular complexity index is 792. The van der Waals surface area contributed by atoms with Crippen LogP contribution >= 0.6 is 0 Å². The molecular weight excluding hydrogens is 330 g/mol. The Morgan fingerprint density at radius 2 is 1.69 bits per heavy atom. The Morgan fingerprint density at radius 1 is 1.00 bits per heavy atom. The molecule has 0 radical (unpaired) electrons. The number of carbonyl (C=O) groups excluding carboxylic acids is 2. The number of piperidine rings is 1. The number of para-hydroxylation sites is 1. The number of rotatable bonds is 3. The quantitative estimate of drug-likeness (QED) is 0.893. The number of hydrogen-bond donors (Lipinski definition) is 2. The van der Waals surface area contributed by atoms with E-state index in [0.717, 1.165) is 11.4 Å². The molecule has 0 spiro atoms. The van der Waals surface area contributed by atoms with Gasteiger partial charge in [-0.25, -0.2) is 4.79 Å². The predicted molar refractivity (Wildman–Crippen MR) is 98.2 cm³/mol. The minimum atomic E-state index is -0.122. The molecule has 0 aromatic heterocycles. The third-order valence-corrected chi connectivity index (χ3v) is 4.96. The first kappa shape index (κ1) is 16.4. The zero-order valence-electron chi connectivity index (χ0n) is 14.4. The summed E-state index contributed by atoms with van der Waals surface area (Å²) in [6.07, 6.45) is 0.514. The molecule has 2 heterocycles. The Kier molecular flexibility index (Phi) is 4.48. The molecule has 6 nitrogen and oxygen atoms in total. The summed E-state index contributed by atoms with van der Waals surface area (Å²) in [5.41, 5.74) is 0.722. The number of fused-ring (bicyclic) bond motifs is 1. The fraction of sp³-hybridized carbons (Fsp3) is 0.300. The summed E-state index contributed by atoms with van der Waals surface area (Å²) in [6, 6.07) is 16.7. The number of ether oxygens (including phenoxy) is 1. The number of carbonyl (C=O) groups is 2. The maximum atomic E-state index is 12.5. The molecule has 134 valence electrons. The van der Waals surface area contributed by atoms with E-state index in [4.69, 9.17) is 4.74 Å². The molecular formula is C20H21N3O3. The topological polar surface area (TPSA) is 70.7 Å². The molecule has 4 rings (SSSR count). The monoisotopic (exact) mass is 351 g/mol. The van der Waals surface area contributed by atoms with Crippen LogP contribution in [0.2, 0.25) is 0 Å². The van der Waals surface area contributed by atoms with Gasteiger partial charge in [0.05, 0.1) is 0 Å². The van der Waals surface area contributed by atoms with Crippen molar-refractivity contribution in [3.05, 3.63) is 54.6 Å². The minimum Gasteiger partial charge on any atom is -0.457 e. The normalized spacial score (nSPS) is 21.7. The molecule has 0 bridgehead atoms. The first-order valence-electron chi connectivity index (χ1n) is 8.83. The molecule has 2 fully saturated rings. The lowest BCUT2D eigenvalue weighted by Gasteiger charge is -2.23. The van der Waals surface area contributed by atoms with Gasteiger partial charge < -0.3 is 20.3 Å². The lowest BCUT2D eigenvalue weighted by atomic mass is 9.89. The Hall–Kier alpha value is -3.02. The smallest absolute Gasteiger partial charge is 0.321 e. The molecule has 0 unspecified atom stereocenters. The SMILES string of the molecule is O=C1C[C@@H]2CN(C(=O)Nc3ccc(Oc4ccccc4)cc3)C[C@@H]2CN1. The van der Waals surface area contributed by atoms with Gasteiger partial charge in [0, 0.05) is 31.7 Å². The molecule has 2 atom stereocenters.